The third-order valence-corrected chi connectivity index (χ3v) is 2.29. The van der Waals surface area contributed by atoms with Crippen molar-refractivity contribution in [3.8, 4) is 0 Å². The number of carbonyl (C=O) groups is 1. The van der Waals surface area contributed by atoms with Crippen molar-refractivity contribution in [2.75, 3.05) is 25.6 Å². The molecule has 0 fully saturated rings. The SMILES string of the molecule is Nc1cccc(Cl)c1C(=O)OCCOCC(F)(F)F. The molecule has 0 spiro atoms. The maximum atomic E-state index is 11.7. The predicted octanol–water partition coefficient (Wildman–Crippen LogP) is 2.66. The summed E-state index contributed by atoms with van der Waals surface area (Å²) in [5.41, 5.74) is 5.66. The van der Waals surface area contributed by atoms with Crippen LogP contribution in [0, 0.1) is 0 Å². The van der Waals surface area contributed by atoms with Gasteiger partial charge >= 0.3 is 12.1 Å². The van der Waals surface area contributed by atoms with E-state index in [1.54, 1.807) is 6.07 Å². The van der Waals surface area contributed by atoms with E-state index in [0.717, 1.165) is 0 Å². The van der Waals surface area contributed by atoms with Gasteiger partial charge in [0, 0.05) is 5.69 Å². The zero-order chi connectivity index (χ0) is 14.5. The van der Waals surface area contributed by atoms with Crippen LogP contribution in [0.1, 0.15) is 10.4 Å². The summed E-state index contributed by atoms with van der Waals surface area (Å²) in [6, 6.07) is 4.47. The fourth-order valence-corrected chi connectivity index (χ4v) is 1.47. The van der Waals surface area contributed by atoms with Crippen molar-refractivity contribution < 1.29 is 27.4 Å². The molecule has 0 aromatic heterocycles. The first kappa shape index (κ1) is 15.6. The minimum Gasteiger partial charge on any atom is -0.460 e. The Morgan fingerprint density at radius 3 is 2.58 bits per heavy atom. The lowest BCUT2D eigenvalue weighted by Crippen LogP contribution is -2.20. The van der Waals surface area contributed by atoms with E-state index in [9.17, 15) is 18.0 Å². The zero-order valence-electron chi connectivity index (χ0n) is 9.67. The van der Waals surface area contributed by atoms with Gasteiger partial charge < -0.3 is 15.2 Å². The van der Waals surface area contributed by atoms with Gasteiger partial charge in [0.05, 0.1) is 11.6 Å². The molecule has 0 heterocycles. The molecule has 0 radical (unpaired) electrons. The number of hydrogen-bond donors (Lipinski definition) is 1. The molecule has 4 nitrogen and oxygen atoms in total. The van der Waals surface area contributed by atoms with Crippen molar-refractivity contribution in [3.05, 3.63) is 28.8 Å². The van der Waals surface area contributed by atoms with Crippen LogP contribution in [0.5, 0.6) is 0 Å². The van der Waals surface area contributed by atoms with E-state index in [0.29, 0.717) is 0 Å². The van der Waals surface area contributed by atoms with Crippen molar-refractivity contribution in [1.82, 2.24) is 0 Å². The Balaban J connectivity index is 2.40. The molecule has 2 N–H and O–H groups in total. The monoisotopic (exact) mass is 297 g/mol. The van der Waals surface area contributed by atoms with Crippen LogP contribution in [0.4, 0.5) is 18.9 Å². The van der Waals surface area contributed by atoms with Gasteiger partial charge in [-0.3, -0.25) is 0 Å². The van der Waals surface area contributed by atoms with Gasteiger partial charge in [0.2, 0.25) is 0 Å². The van der Waals surface area contributed by atoms with Crippen LogP contribution in [0.2, 0.25) is 5.02 Å². The number of hydrogen-bond acceptors (Lipinski definition) is 4. The third-order valence-electron chi connectivity index (χ3n) is 1.98. The van der Waals surface area contributed by atoms with Crippen molar-refractivity contribution >= 4 is 23.3 Å². The van der Waals surface area contributed by atoms with E-state index < -0.39 is 18.8 Å². The fourth-order valence-electron chi connectivity index (χ4n) is 1.21. The number of alkyl halides is 3. The highest BCUT2D eigenvalue weighted by molar-refractivity contribution is 6.34. The lowest BCUT2D eigenvalue weighted by Gasteiger charge is -2.10. The molecule has 0 bridgehead atoms. The fraction of sp³-hybridized carbons (Fsp3) is 0.364. The van der Waals surface area contributed by atoms with Crippen LogP contribution in [-0.4, -0.2) is 32.0 Å². The van der Waals surface area contributed by atoms with Crippen LogP contribution >= 0.6 is 11.6 Å². The van der Waals surface area contributed by atoms with E-state index in [4.69, 9.17) is 22.1 Å². The van der Waals surface area contributed by atoms with Gasteiger partial charge in [0.15, 0.2) is 0 Å². The van der Waals surface area contributed by atoms with Crippen LogP contribution < -0.4 is 5.73 Å². The highest BCUT2D eigenvalue weighted by Gasteiger charge is 2.27. The largest absolute Gasteiger partial charge is 0.460 e. The number of nitrogens with two attached hydrogens (primary N) is 1. The van der Waals surface area contributed by atoms with Crippen molar-refractivity contribution in [2.45, 2.75) is 6.18 Å². The molecule has 8 heteroatoms. The van der Waals surface area contributed by atoms with E-state index in [-0.39, 0.29) is 29.5 Å². The number of nitrogen functional groups attached to an aromatic ring is 1. The van der Waals surface area contributed by atoms with Crippen LogP contribution in [0.3, 0.4) is 0 Å². The van der Waals surface area contributed by atoms with E-state index >= 15 is 0 Å². The van der Waals surface area contributed by atoms with Crippen molar-refractivity contribution in [1.29, 1.82) is 0 Å². The van der Waals surface area contributed by atoms with Crippen LogP contribution in [-0.2, 0) is 9.47 Å². The molecule has 0 unspecified atom stereocenters. The average Bonchev–Trinajstić information content (AvgIpc) is 2.26. The first-order valence-electron chi connectivity index (χ1n) is 5.17. The van der Waals surface area contributed by atoms with Gasteiger partial charge in [-0.15, -0.1) is 0 Å². The van der Waals surface area contributed by atoms with Crippen molar-refractivity contribution in [2.24, 2.45) is 0 Å². The van der Waals surface area contributed by atoms with Gasteiger partial charge in [-0.05, 0) is 12.1 Å². The first-order valence-corrected chi connectivity index (χ1v) is 5.54. The quantitative estimate of drug-likeness (QED) is 0.515. The van der Waals surface area contributed by atoms with Gasteiger partial charge in [-0.2, -0.15) is 13.2 Å². The summed E-state index contributed by atoms with van der Waals surface area (Å²) in [6.45, 7) is -2.08. The van der Waals surface area contributed by atoms with Gasteiger partial charge in [-0.25, -0.2) is 4.79 Å². The molecule has 0 saturated carbocycles. The van der Waals surface area contributed by atoms with Crippen LogP contribution in [0.25, 0.3) is 0 Å². The molecule has 0 saturated heterocycles. The second-order valence-electron chi connectivity index (χ2n) is 3.51. The minimum absolute atomic E-state index is 0.0139. The van der Waals surface area contributed by atoms with E-state index in [1.807, 2.05) is 0 Å². The molecule has 1 aromatic carbocycles. The summed E-state index contributed by atoms with van der Waals surface area (Å²) in [4.78, 5) is 11.6. The van der Waals surface area contributed by atoms with Crippen molar-refractivity contribution in [3.63, 3.8) is 0 Å². The van der Waals surface area contributed by atoms with E-state index in [1.165, 1.54) is 12.1 Å². The molecular formula is C11H11ClF3NO3. The molecule has 0 atom stereocenters. The molecule has 19 heavy (non-hydrogen) atoms. The topological polar surface area (TPSA) is 61.6 Å². The molecule has 106 valence electrons. The summed E-state index contributed by atoms with van der Waals surface area (Å²) >= 11 is 5.76. The summed E-state index contributed by atoms with van der Waals surface area (Å²) < 4.78 is 44.2. The Kier molecular flexibility index (Phi) is 5.44. The molecule has 0 aliphatic carbocycles. The summed E-state index contributed by atoms with van der Waals surface area (Å²) in [7, 11) is 0. The Morgan fingerprint density at radius 2 is 2.00 bits per heavy atom. The summed E-state index contributed by atoms with van der Waals surface area (Å²) in [5.74, 6) is -0.807. The second-order valence-corrected chi connectivity index (χ2v) is 3.91. The Morgan fingerprint density at radius 1 is 1.32 bits per heavy atom. The number of esters is 1. The van der Waals surface area contributed by atoms with E-state index in [2.05, 4.69) is 4.74 Å². The Hall–Kier alpha value is -1.47. The third kappa shape index (κ3) is 5.35. The standard InChI is InChI=1S/C11H11ClF3NO3/c12-7-2-1-3-8(16)9(7)10(17)19-5-4-18-6-11(13,14)15/h1-3H,4-6,16H2. The van der Waals surface area contributed by atoms with Crippen LogP contribution in [0.15, 0.2) is 18.2 Å². The molecule has 0 amide bonds. The molecule has 0 aliphatic heterocycles. The number of carbonyl (C=O) groups excluding carboxylic acids is 1. The maximum Gasteiger partial charge on any atom is 0.411 e. The number of rotatable bonds is 5. The number of benzene rings is 1. The number of halogens is 4. The van der Waals surface area contributed by atoms with Gasteiger partial charge in [0.25, 0.3) is 0 Å². The predicted molar refractivity (Wildman–Crippen MR) is 63.0 cm³/mol. The first-order chi connectivity index (χ1) is 8.81. The number of ether oxygens (including phenoxy) is 2. The average molecular weight is 298 g/mol. The van der Waals surface area contributed by atoms with Gasteiger partial charge in [-0.1, -0.05) is 17.7 Å². The van der Waals surface area contributed by atoms with Gasteiger partial charge in [0.1, 0.15) is 18.8 Å². The lowest BCUT2D eigenvalue weighted by atomic mass is 10.2. The zero-order valence-corrected chi connectivity index (χ0v) is 10.4. The highest BCUT2D eigenvalue weighted by Crippen LogP contribution is 2.22. The molecule has 1 aromatic rings. The molecule has 0 aliphatic rings. The Bertz CT molecular complexity index is 431. The number of anilines is 1. The Labute approximate surface area is 112 Å². The smallest absolute Gasteiger partial charge is 0.411 e. The summed E-state index contributed by atoms with van der Waals surface area (Å²) in [5, 5.41) is 0.112. The molecular weight excluding hydrogens is 287 g/mol. The second kappa shape index (κ2) is 6.63. The minimum atomic E-state index is -4.41. The molecule has 1 rings (SSSR count). The highest BCUT2D eigenvalue weighted by atomic mass is 35.5. The summed E-state index contributed by atoms with van der Waals surface area (Å²) in [6.07, 6.45) is -4.41. The normalized spacial score (nSPS) is 11.4. The maximum absolute atomic E-state index is 11.7. The lowest BCUT2D eigenvalue weighted by molar-refractivity contribution is -0.175.